The SMILES string of the molecule is CCCn1c(=O)[nH]c(=O)c2c(C(=O)Nc3ccccc3OCC(C)C)cc(C(C)C)nc21. The molecule has 0 saturated heterocycles. The van der Waals surface area contributed by atoms with Crippen molar-refractivity contribution in [3.63, 3.8) is 0 Å². The largest absolute Gasteiger partial charge is 0.491 e. The smallest absolute Gasteiger partial charge is 0.329 e. The molecule has 3 aromatic rings. The number of benzene rings is 1. The molecule has 0 atom stereocenters. The minimum atomic E-state index is -0.630. The molecule has 1 amide bonds. The molecule has 0 aliphatic heterocycles. The Hall–Kier alpha value is -3.42. The van der Waals surface area contributed by atoms with Gasteiger partial charge in [0.05, 0.1) is 23.2 Å². The van der Waals surface area contributed by atoms with E-state index in [1.54, 1.807) is 24.3 Å². The summed E-state index contributed by atoms with van der Waals surface area (Å²) in [6, 6.07) is 8.79. The summed E-state index contributed by atoms with van der Waals surface area (Å²) in [5, 5.41) is 2.97. The minimum absolute atomic E-state index is 0.00271. The monoisotopic (exact) mass is 438 g/mol. The molecule has 0 bridgehead atoms. The summed E-state index contributed by atoms with van der Waals surface area (Å²) >= 11 is 0. The van der Waals surface area contributed by atoms with Gasteiger partial charge >= 0.3 is 5.69 Å². The Balaban J connectivity index is 2.15. The van der Waals surface area contributed by atoms with E-state index in [0.29, 0.717) is 42.6 Å². The Morgan fingerprint density at radius 3 is 2.56 bits per heavy atom. The Labute approximate surface area is 186 Å². The van der Waals surface area contributed by atoms with Gasteiger partial charge in [0, 0.05) is 12.2 Å². The molecular weight excluding hydrogens is 408 g/mol. The minimum Gasteiger partial charge on any atom is -0.491 e. The van der Waals surface area contributed by atoms with Crippen LogP contribution in [0.3, 0.4) is 0 Å². The second kappa shape index (κ2) is 9.80. The van der Waals surface area contributed by atoms with Crippen LogP contribution in [0, 0.1) is 5.92 Å². The quantitative estimate of drug-likeness (QED) is 0.555. The first-order valence-electron chi connectivity index (χ1n) is 10.9. The fraction of sp³-hybridized carbons (Fsp3) is 0.417. The molecule has 1 aromatic carbocycles. The maximum absolute atomic E-state index is 13.4. The predicted molar refractivity (Wildman–Crippen MR) is 126 cm³/mol. The van der Waals surface area contributed by atoms with Gasteiger partial charge in [-0.05, 0) is 36.5 Å². The van der Waals surface area contributed by atoms with Crippen molar-refractivity contribution in [2.75, 3.05) is 11.9 Å². The van der Waals surface area contributed by atoms with Gasteiger partial charge in [-0.1, -0.05) is 46.8 Å². The second-order valence-electron chi connectivity index (χ2n) is 8.51. The van der Waals surface area contributed by atoms with Crippen molar-refractivity contribution < 1.29 is 9.53 Å². The highest BCUT2D eigenvalue weighted by atomic mass is 16.5. The molecule has 8 heteroatoms. The van der Waals surface area contributed by atoms with Crippen LogP contribution in [-0.4, -0.2) is 27.0 Å². The number of ether oxygens (including phenoxy) is 1. The van der Waals surface area contributed by atoms with E-state index < -0.39 is 17.2 Å². The van der Waals surface area contributed by atoms with Gasteiger partial charge < -0.3 is 10.1 Å². The third-order valence-corrected chi connectivity index (χ3v) is 4.96. The molecule has 32 heavy (non-hydrogen) atoms. The molecule has 0 unspecified atom stereocenters. The van der Waals surface area contributed by atoms with Crippen LogP contribution in [0.4, 0.5) is 5.69 Å². The first-order chi connectivity index (χ1) is 15.2. The number of amides is 1. The lowest BCUT2D eigenvalue weighted by atomic mass is 10.0. The van der Waals surface area contributed by atoms with Gasteiger partial charge in [-0.15, -0.1) is 0 Å². The predicted octanol–water partition coefficient (Wildman–Crippen LogP) is 3.91. The molecule has 8 nitrogen and oxygen atoms in total. The number of rotatable bonds is 8. The number of pyridine rings is 1. The van der Waals surface area contributed by atoms with Crippen molar-refractivity contribution in [1.82, 2.24) is 14.5 Å². The van der Waals surface area contributed by atoms with Crippen molar-refractivity contribution in [3.8, 4) is 5.75 Å². The summed E-state index contributed by atoms with van der Waals surface area (Å²) in [6.45, 7) is 10.8. The van der Waals surface area contributed by atoms with E-state index in [-0.39, 0.29) is 22.5 Å². The molecule has 0 aliphatic carbocycles. The van der Waals surface area contributed by atoms with Crippen molar-refractivity contribution in [1.29, 1.82) is 0 Å². The number of para-hydroxylation sites is 2. The number of aryl methyl sites for hydroxylation is 1. The highest BCUT2D eigenvalue weighted by molar-refractivity contribution is 6.12. The van der Waals surface area contributed by atoms with Crippen LogP contribution in [0.15, 0.2) is 39.9 Å². The van der Waals surface area contributed by atoms with Crippen LogP contribution in [0.1, 0.15) is 63.0 Å². The lowest BCUT2D eigenvalue weighted by Gasteiger charge is -2.16. The van der Waals surface area contributed by atoms with E-state index in [1.807, 2.05) is 40.7 Å². The van der Waals surface area contributed by atoms with Crippen LogP contribution in [0.5, 0.6) is 5.75 Å². The number of carbonyl (C=O) groups is 1. The van der Waals surface area contributed by atoms with E-state index in [0.717, 1.165) is 0 Å². The first kappa shape index (κ1) is 23.2. The second-order valence-corrected chi connectivity index (χ2v) is 8.51. The Bertz CT molecular complexity index is 1240. The standard InChI is InChI=1S/C24H30N4O4/c1-6-11-28-21-20(23(30)27-24(28)31)16(12-18(25-21)15(4)5)22(29)26-17-9-7-8-10-19(17)32-13-14(2)3/h7-10,12,14-15H,6,11,13H2,1-5H3,(H,26,29)(H,27,30,31). The normalized spacial score (nSPS) is 11.3. The number of nitrogens with zero attached hydrogens (tertiary/aromatic N) is 2. The summed E-state index contributed by atoms with van der Waals surface area (Å²) < 4.78 is 7.25. The van der Waals surface area contributed by atoms with E-state index in [1.165, 1.54) is 4.57 Å². The lowest BCUT2D eigenvalue weighted by molar-refractivity contribution is 0.102. The molecule has 0 saturated carbocycles. The summed E-state index contributed by atoms with van der Waals surface area (Å²) in [5.74, 6) is 0.406. The number of fused-ring (bicyclic) bond motifs is 1. The molecule has 0 fully saturated rings. The molecule has 2 aromatic heterocycles. The number of anilines is 1. The number of hydrogen-bond acceptors (Lipinski definition) is 5. The average molecular weight is 439 g/mol. The first-order valence-corrected chi connectivity index (χ1v) is 10.9. The Morgan fingerprint density at radius 1 is 1.19 bits per heavy atom. The fourth-order valence-corrected chi connectivity index (χ4v) is 3.34. The van der Waals surface area contributed by atoms with Gasteiger partial charge in [0.25, 0.3) is 11.5 Å². The van der Waals surface area contributed by atoms with Crippen LogP contribution in [-0.2, 0) is 6.54 Å². The number of aromatic nitrogens is 3. The van der Waals surface area contributed by atoms with Crippen molar-refractivity contribution in [2.45, 2.75) is 53.5 Å². The number of hydrogen-bond donors (Lipinski definition) is 2. The zero-order valence-corrected chi connectivity index (χ0v) is 19.2. The van der Waals surface area contributed by atoms with Crippen molar-refractivity contribution in [3.05, 3.63) is 62.4 Å². The fourth-order valence-electron chi connectivity index (χ4n) is 3.34. The van der Waals surface area contributed by atoms with E-state index in [2.05, 4.69) is 15.3 Å². The zero-order chi connectivity index (χ0) is 23.4. The summed E-state index contributed by atoms with van der Waals surface area (Å²) in [5.41, 5.74) is 0.366. The molecule has 3 rings (SSSR count). The van der Waals surface area contributed by atoms with Gasteiger partial charge in [-0.2, -0.15) is 0 Å². The van der Waals surface area contributed by atoms with Gasteiger partial charge in [0.1, 0.15) is 5.75 Å². The van der Waals surface area contributed by atoms with Crippen molar-refractivity contribution >= 4 is 22.6 Å². The van der Waals surface area contributed by atoms with Gasteiger partial charge in [-0.3, -0.25) is 19.1 Å². The average Bonchev–Trinajstić information content (AvgIpc) is 2.74. The molecule has 0 radical (unpaired) electrons. The Kier molecular flexibility index (Phi) is 7.12. The molecule has 0 spiro atoms. The topological polar surface area (TPSA) is 106 Å². The third-order valence-electron chi connectivity index (χ3n) is 4.96. The third kappa shape index (κ3) is 4.90. The summed E-state index contributed by atoms with van der Waals surface area (Å²) in [4.78, 5) is 45.4. The molecule has 2 N–H and O–H groups in total. The van der Waals surface area contributed by atoms with Crippen LogP contribution in [0.25, 0.3) is 11.0 Å². The number of H-pyrrole nitrogens is 1. The summed E-state index contributed by atoms with van der Waals surface area (Å²) in [6.07, 6.45) is 0.677. The lowest BCUT2D eigenvalue weighted by Crippen LogP contribution is -2.32. The van der Waals surface area contributed by atoms with E-state index in [4.69, 9.17) is 4.74 Å². The molecule has 170 valence electrons. The maximum Gasteiger partial charge on any atom is 0.329 e. The molecular formula is C24H30N4O4. The number of aromatic amines is 1. The van der Waals surface area contributed by atoms with Crippen LogP contribution >= 0.6 is 0 Å². The molecule has 0 aliphatic rings. The van der Waals surface area contributed by atoms with E-state index in [9.17, 15) is 14.4 Å². The Morgan fingerprint density at radius 2 is 1.91 bits per heavy atom. The molecule has 2 heterocycles. The highest BCUT2D eigenvalue weighted by Gasteiger charge is 2.21. The van der Waals surface area contributed by atoms with Crippen molar-refractivity contribution in [2.24, 2.45) is 5.92 Å². The number of carbonyl (C=O) groups excluding carboxylic acids is 1. The van der Waals surface area contributed by atoms with Gasteiger partial charge in [-0.25, -0.2) is 9.78 Å². The van der Waals surface area contributed by atoms with Crippen LogP contribution < -0.4 is 21.3 Å². The maximum atomic E-state index is 13.4. The van der Waals surface area contributed by atoms with E-state index >= 15 is 0 Å². The summed E-state index contributed by atoms with van der Waals surface area (Å²) in [7, 11) is 0. The van der Waals surface area contributed by atoms with Gasteiger partial charge in [0.15, 0.2) is 5.65 Å². The number of nitrogens with one attached hydrogen (secondary N) is 2. The van der Waals surface area contributed by atoms with Gasteiger partial charge in [0.2, 0.25) is 0 Å². The van der Waals surface area contributed by atoms with Crippen LogP contribution in [0.2, 0.25) is 0 Å². The highest BCUT2D eigenvalue weighted by Crippen LogP contribution is 2.26. The zero-order valence-electron chi connectivity index (χ0n) is 19.2.